The van der Waals surface area contributed by atoms with Crippen LogP contribution in [0, 0.1) is 6.92 Å². The Kier molecular flexibility index (Phi) is 2.09. The molecular weight excluding hydrogens is 256 g/mol. The van der Waals surface area contributed by atoms with Crippen LogP contribution in [0.15, 0.2) is 51.7 Å². The van der Waals surface area contributed by atoms with E-state index in [-0.39, 0.29) is 5.63 Å². The van der Waals surface area contributed by atoms with Crippen molar-refractivity contribution in [2.45, 2.75) is 6.92 Å². The van der Waals surface area contributed by atoms with Crippen LogP contribution >= 0.6 is 11.3 Å². The minimum Gasteiger partial charge on any atom is -0.422 e. The number of thiophene rings is 1. The van der Waals surface area contributed by atoms with E-state index >= 15 is 0 Å². The molecule has 0 atom stereocenters. The second-order valence-electron chi connectivity index (χ2n) is 4.69. The molecule has 19 heavy (non-hydrogen) atoms. The molecule has 0 aliphatic carbocycles. The molecule has 0 bridgehead atoms. The highest BCUT2D eigenvalue weighted by atomic mass is 32.1. The lowest BCUT2D eigenvalue weighted by atomic mass is 10.1. The zero-order valence-corrected chi connectivity index (χ0v) is 11.1. The van der Waals surface area contributed by atoms with E-state index in [1.54, 1.807) is 11.3 Å². The third-order valence-corrected chi connectivity index (χ3v) is 4.59. The monoisotopic (exact) mass is 266 g/mol. The molecule has 2 nitrogen and oxygen atoms in total. The van der Waals surface area contributed by atoms with Crippen molar-refractivity contribution in [1.82, 2.24) is 0 Å². The number of aryl methyl sites for hydroxylation is 1. The van der Waals surface area contributed by atoms with E-state index < -0.39 is 0 Å². The van der Waals surface area contributed by atoms with E-state index in [1.165, 1.54) is 0 Å². The summed E-state index contributed by atoms with van der Waals surface area (Å²) in [6.07, 6.45) is 0. The normalized spacial score (nSPS) is 11.6. The number of hydrogen-bond acceptors (Lipinski definition) is 3. The van der Waals surface area contributed by atoms with Crippen LogP contribution in [0.5, 0.6) is 0 Å². The maximum Gasteiger partial charge on any atom is 0.345 e. The molecule has 0 spiro atoms. The van der Waals surface area contributed by atoms with Gasteiger partial charge in [-0.1, -0.05) is 23.8 Å². The van der Waals surface area contributed by atoms with E-state index in [4.69, 9.17) is 4.42 Å². The highest BCUT2D eigenvalue weighted by molar-refractivity contribution is 7.26. The van der Waals surface area contributed by atoms with Gasteiger partial charge >= 0.3 is 5.63 Å². The number of hydrogen-bond donors (Lipinski definition) is 0. The van der Waals surface area contributed by atoms with Gasteiger partial charge in [0, 0.05) is 15.5 Å². The van der Waals surface area contributed by atoms with Crippen LogP contribution in [0.25, 0.3) is 31.1 Å². The fraction of sp³-hybridized carbons (Fsp3) is 0.0625. The predicted molar refractivity (Wildman–Crippen MR) is 80.1 cm³/mol. The Morgan fingerprint density at radius 3 is 2.79 bits per heavy atom. The summed E-state index contributed by atoms with van der Waals surface area (Å²) in [5.41, 5.74) is 1.56. The zero-order chi connectivity index (χ0) is 13.0. The summed E-state index contributed by atoms with van der Waals surface area (Å²) >= 11 is 1.65. The largest absolute Gasteiger partial charge is 0.422 e. The van der Waals surface area contributed by atoms with Crippen molar-refractivity contribution in [3.8, 4) is 0 Å². The maximum absolute atomic E-state index is 12.2. The molecule has 0 radical (unpaired) electrons. The van der Waals surface area contributed by atoms with Crippen LogP contribution in [-0.2, 0) is 0 Å². The molecular formula is C16H10O2S. The molecule has 0 N–H and O–H groups in total. The van der Waals surface area contributed by atoms with Gasteiger partial charge in [0.1, 0.15) is 5.58 Å². The predicted octanol–water partition coefficient (Wildman–Crippen LogP) is 4.47. The average Bonchev–Trinajstić information content (AvgIpc) is 2.78. The van der Waals surface area contributed by atoms with Crippen LogP contribution in [0.4, 0.5) is 0 Å². The molecule has 4 aromatic rings. The summed E-state index contributed by atoms with van der Waals surface area (Å²) in [7, 11) is 0. The molecule has 4 rings (SSSR count). The first-order valence-electron chi connectivity index (χ1n) is 6.09. The van der Waals surface area contributed by atoms with Gasteiger partial charge in [-0.15, -0.1) is 11.3 Å². The molecule has 0 saturated carbocycles. The van der Waals surface area contributed by atoms with Crippen molar-refractivity contribution < 1.29 is 4.42 Å². The van der Waals surface area contributed by atoms with E-state index in [2.05, 4.69) is 18.2 Å². The smallest absolute Gasteiger partial charge is 0.345 e. The minimum absolute atomic E-state index is 0.245. The van der Waals surface area contributed by atoms with Gasteiger partial charge in [0.2, 0.25) is 0 Å². The van der Waals surface area contributed by atoms with E-state index in [9.17, 15) is 4.79 Å². The van der Waals surface area contributed by atoms with Gasteiger partial charge in [-0.05, 0) is 31.2 Å². The Balaban J connectivity index is 2.38. The number of rotatable bonds is 0. The maximum atomic E-state index is 12.2. The average molecular weight is 266 g/mol. The molecule has 0 aliphatic heterocycles. The Hall–Kier alpha value is -2.13. The highest BCUT2D eigenvalue weighted by Crippen LogP contribution is 2.36. The Morgan fingerprint density at radius 2 is 1.89 bits per heavy atom. The molecule has 0 amide bonds. The standard InChI is InChI=1S/C16H10O2S/c1-9-6-7-13-11(8-9)14-15(19-13)10-4-2-3-5-12(10)18-16(14)17/h2-8H,1H3. The molecule has 92 valence electrons. The molecule has 3 heteroatoms. The lowest BCUT2D eigenvalue weighted by Crippen LogP contribution is -1.97. The molecule has 2 aromatic heterocycles. The van der Waals surface area contributed by atoms with Crippen LogP contribution in [0.3, 0.4) is 0 Å². The van der Waals surface area contributed by atoms with E-state index in [0.29, 0.717) is 11.0 Å². The van der Waals surface area contributed by atoms with Gasteiger partial charge in [0.25, 0.3) is 0 Å². The van der Waals surface area contributed by atoms with Crippen molar-refractivity contribution in [2.24, 2.45) is 0 Å². The molecule has 0 aliphatic rings. The van der Waals surface area contributed by atoms with Crippen molar-refractivity contribution >= 4 is 42.5 Å². The van der Waals surface area contributed by atoms with Gasteiger partial charge in [-0.3, -0.25) is 0 Å². The molecule has 0 unspecified atom stereocenters. The number of fused-ring (bicyclic) bond motifs is 5. The summed E-state index contributed by atoms with van der Waals surface area (Å²) in [6.45, 7) is 2.03. The molecule has 0 saturated heterocycles. The lowest BCUT2D eigenvalue weighted by molar-refractivity contribution is 0.570. The minimum atomic E-state index is -0.245. The van der Waals surface area contributed by atoms with Gasteiger partial charge in [-0.25, -0.2) is 4.79 Å². The molecule has 2 aromatic carbocycles. The van der Waals surface area contributed by atoms with Gasteiger partial charge in [0.05, 0.1) is 10.1 Å². The fourth-order valence-corrected chi connectivity index (χ4v) is 3.70. The van der Waals surface area contributed by atoms with Gasteiger partial charge in [-0.2, -0.15) is 0 Å². The van der Waals surface area contributed by atoms with Crippen molar-refractivity contribution in [3.05, 3.63) is 58.4 Å². The second kappa shape index (κ2) is 3.68. The Bertz CT molecular complexity index is 992. The summed E-state index contributed by atoms with van der Waals surface area (Å²) in [5, 5.41) is 2.72. The van der Waals surface area contributed by atoms with Gasteiger partial charge in [0.15, 0.2) is 0 Å². The van der Waals surface area contributed by atoms with Crippen LogP contribution in [-0.4, -0.2) is 0 Å². The van der Waals surface area contributed by atoms with Crippen molar-refractivity contribution in [3.63, 3.8) is 0 Å². The highest BCUT2D eigenvalue weighted by Gasteiger charge is 2.13. The number of para-hydroxylation sites is 1. The Morgan fingerprint density at radius 1 is 1.05 bits per heavy atom. The summed E-state index contributed by atoms with van der Waals surface area (Å²) in [5.74, 6) is 0. The molecule has 0 fully saturated rings. The lowest BCUT2D eigenvalue weighted by Gasteiger charge is -1.97. The fourth-order valence-electron chi connectivity index (χ4n) is 2.50. The van der Waals surface area contributed by atoms with Crippen molar-refractivity contribution in [1.29, 1.82) is 0 Å². The van der Waals surface area contributed by atoms with Crippen molar-refractivity contribution in [2.75, 3.05) is 0 Å². The first-order valence-corrected chi connectivity index (χ1v) is 6.90. The van der Waals surface area contributed by atoms with Gasteiger partial charge < -0.3 is 4.42 Å². The number of benzene rings is 2. The third kappa shape index (κ3) is 1.45. The second-order valence-corrected chi connectivity index (χ2v) is 5.74. The topological polar surface area (TPSA) is 30.2 Å². The van der Waals surface area contributed by atoms with Crippen LogP contribution < -0.4 is 5.63 Å². The quantitative estimate of drug-likeness (QED) is 0.440. The first-order chi connectivity index (χ1) is 9.24. The SMILES string of the molecule is Cc1ccc2sc3c4ccccc4oc(=O)c3c2c1. The van der Waals surface area contributed by atoms with E-state index in [0.717, 1.165) is 25.7 Å². The van der Waals surface area contributed by atoms with Crippen LogP contribution in [0.2, 0.25) is 0 Å². The van der Waals surface area contributed by atoms with E-state index in [1.807, 2.05) is 31.2 Å². The van der Waals surface area contributed by atoms with Crippen LogP contribution in [0.1, 0.15) is 5.56 Å². The Labute approximate surface area is 112 Å². The summed E-state index contributed by atoms with van der Waals surface area (Å²) in [6, 6.07) is 13.9. The molecule has 2 heterocycles. The third-order valence-electron chi connectivity index (χ3n) is 3.38. The first kappa shape index (κ1) is 10.8. The zero-order valence-electron chi connectivity index (χ0n) is 10.3. The summed E-state index contributed by atoms with van der Waals surface area (Å²) in [4.78, 5) is 12.2. The summed E-state index contributed by atoms with van der Waals surface area (Å²) < 4.78 is 7.58.